The highest BCUT2D eigenvalue weighted by Gasteiger charge is 2.10. The Morgan fingerprint density at radius 2 is 1.81 bits per heavy atom. The van der Waals surface area contributed by atoms with E-state index in [2.05, 4.69) is 20.6 Å². The summed E-state index contributed by atoms with van der Waals surface area (Å²) in [5, 5.41) is 6.07. The second-order valence-corrected chi connectivity index (χ2v) is 5.31. The lowest BCUT2D eigenvalue weighted by molar-refractivity contribution is 0.0938. The predicted molar refractivity (Wildman–Crippen MR) is 83.8 cm³/mol. The third kappa shape index (κ3) is 3.78. The normalized spacial score (nSPS) is 10.5. The highest BCUT2D eigenvalue weighted by atomic mass is 16.1. The quantitative estimate of drug-likeness (QED) is 0.905. The number of anilines is 2. The molecule has 110 valence electrons. The molecule has 0 unspecified atom stereocenters. The standard InChI is InChI=1S/C16H20N4O/c1-10(2)19-16(21)13-8-14(18-9-17-13)20-15-11(3)6-5-7-12(15)4/h5-10H,1-4H3,(H,19,21)(H,17,18,20). The van der Waals surface area contributed by atoms with Gasteiger partial charge in [0.05, 0.1) is 0 Å². The summed E-state index contributed by atoms with van der Waals surface area (Å²) >= 11 is 0. The van der Waals surface area contributed by atoms with Crippen molar-refractivity contribution in [3.05, 3.63) is 47.4 Å². The maximum absolute atomic E-state index is 12.0. The molecule has 0 atom stereocenters. The highest BCUT2D eigenvalue weighted by molar-refractivity contribution is 5.93. The van der Waals surface area contributed by atoms with Gasteiger partial charge in [-0.15, -0.1) is 0 Å². The molecule has 0 saturated heterocycles. The van der Waals surface area contributed by atoms with E-state index in [1.54, 1.807) is 6.07 Å². The first kappa shape index (κ1) is 15.0. The minimum absolute atomic E-state index is 0.0717. The topological polar surface area (TPSA) is 66.9 Å². The lowest BCUT2D eigenvalue weighted by Crippen LogP contribution is -2.30. The molecule has 0 radical (unpaired) electrons. The summed E-state index contributed by atoms with van der Waals surface area (Å²) in [5.74, 6) is 0.410. The number of para-hydroxylation sites is 1. The van der Waals surface area contributed by atoms with Crippen LogP contribution < -0.4 is 10.6 Å². The number of benzene rings is 1. The van der Waals surface area contributed by atoms with Gasteiger partial charge < -0.3 is 10.6 Å². The molecule has 0 fully saturated rings. The molecule has 0 spiro atoms. The van der Waals surface area contributed by atoms with Crippen LogP contribution in [0.1, 0.15) is 35.5 Å². The first-order chi connectivity index (χ1) is 9.97. The fraction of sp³-hybridized carbons (Fsp3) is 0.312. The van der Waals surface area contributed by atoms with Crippen molar-refractivity contribution in [3.8, 4) is 0 Å². The first-order valence-electron chi connectivity index (χ1n) is 6.93. The molecule has 1 amide bonds. The Morgan fingerprint density at radius 1 is 1.14 bits per heavy atom. The number of aryl methyl sites for hydroxylation is 2. The van der Waals surface area contributed by atoms with Crippen molar-refractivity contribution in [1.29, 1.82) is 0 Å². The Morgan fingerprint density at radius 3 is 2.43 bits per heavy atom. The van der Waals surface area contributed by atoms with Gasteiger partial charge in [0, 0.05) is 17.8 Å². The molecular formula is C16H20N4O. The number of carbonyl (C=O) groups is 1. The number of rotatable bonds is 4. The summed E-state index contributed by atoms with van der Waals surface area (Å²) < 4.78 is 0. The zero-order chi connectivity index (χ0) is 15.4. The van der Waals surface area contributed by atoms with Crippen LogP contribution in [0, 0.1) is 13.8 Å². The molecule has 0 aliphatic rings. The Balaban J connectivity index is 2.24. The van der Waals surface area contributed by atoms with E-state index in [4.69, 9.17) is 0 Å². The van der Waals surface area contributed by atoms with E-state index in [0.29, 0.717) is 11.5 Å². The summed E-state index contributed by atoms with van der Waals surface area (Å²) in [7, 11) is 0. The average molecular weight is 284 g/mol. The largest absolute Gasteiger partial charge is 0.349 e. The van der Waals surface area contributed by atoms with Crippen molar-refractivity contribution in [2.24, 2.45) is 0 Å². The van der Waals surface area contributed by atoms with E-state index in [1.807, 2.05) is 45.9 Å². The van der Waals surface area contributed by atoms with Crippen LogP contribution in [-0.2, 0) is 0 Å². The zero-order valence-corrected chi connectivity index (χ0v) is 12.8. The molecule has 0 aliphatic carbocycles. The van der Waals surface area contributed by atoms with E-state index in [1.165, 1.54) is 6.33 Å². The van der Waals surface area contributed by atoms with Gasteiger partial charge >= 0.3 is 0 Å². The molecule has 2 rings (SSSR count). The predicted octanol–water partition coefficient (Wildman–Crippen LogP) is 2.98. The summed E-state index contributed by atoms with van der Waals surface area (Å²) in [6.07, 6.45) is 1.39. The molecule has 0 bridgehead atoms. The molecule has 5 nitrogen and oxygen atoms in total. The summed E-state index contributed by atoms with van der Waals surface area (Å²) in [5.41, 5.74) is 3.61. The number of amides is 1. The van der Waals surface area contributed by atoms with Gasteiger partial charge in [-0.3, -0.25) is 4.79 Å². The summed E-state index contributed by atoms with van der Waals surface area (Å²) in [6.45, 7) is 7.88. The van der Waals surface area contributed by atoms with Crippen molar-refractivity contribution in [2.45, 2.75) is 33.7 Å². The van der Waals surface area contributed by atoms with Crippen molar-refractivity contribution in [3.63, 3.8) is 0 Å². The molecule has 0 aliphatic heterocycles. The molecule has 2 N–H and O–H groups in total. The van der Waals surface area contributed by atoms with Gasteiger partial charge in [-0.2, -0.15) is 0 Å². The van der Waals surface area contributed by atoms with Crippen molar-refractivity contribution in [2.75, 3.05) is 5.32 Å². The lowest BCUT2D eigenvalue weighted by atomic mass is 10.1. The van der Waals surface area contributed by atoms with E-state index >= 15 is 0 Å². The first-order valence-corrected chi connectivity index (χ1v) is 6.93. The SMILES string of the molecule is Cc1cccc(C)c1Nc1cc(C(=O)NC(C)C)ncn1. The van der Waals surface area contributed by atoms with Crippen molar-refractivity contribution in [1.82, 2.24) is 15.3 Å². The van der Waals surface area contributed by atoms with Gasteiger partial charge in [0.25, 0.3) is 5.91 Å². The van der Waals surface area contributed by atoms with E-state index in [0.717, 1.165) is 16.8 Å². The van der Waals surface area contributed by atoms with E-state index in [9.17, 15) is 4.79 Å². The molecule has 1 aromatic carbocycles. The molecule has 1 heterocycles. The van der Waals surface area contributed by atoms with Crippen LogP contribution in [0.15, 0.2) is 30.6 Å². The summed E-state index contributed by atoms with van der Waals surface area (Å²) in [4.78, 5) is 20.2. The van der Waals surface area contributed by atoms with Crippen LogP contribution in [-0.4, -0.2) is 21.9 Å². The minimum Gasteiger partial charge on any atom is -0.349 e. The number of carbonyl (C=O) groups excluding carboxylic acids is 1. The fourth-order valence-electron chi connectivity index (χ4n) is 2.03. The van der Waals surface area contributed by atoms with Gasteiger partial charge in [0.15, 0.2) is 0 Å². The van der Waals surface area contributed by atoms with Crippen molar-refractivity contribution >= 4 is 17.4 Å². The van der Waals surface area contributed by atoms with Crippen molar-refractivity contribution < 1.29 is 4.79 Å². The molecule has 0 saturated carbocycles. The zero-order valence-electron chi connectivity index (χ0n) is 12.8. The van der Waals surface area contributed by atoms with Gasteiger partial charge in [0.1, 0.15) is 17.8 Å². The van der Waals surface area contributed by atoms with Gasteiger partial charge in [0.2, 0.25) is 0 Å². The Labute approximate surface area is 124 Å². The second-order valence-electron chi connectivity index (χ2n) is 5.31. The van der Waals surface area contributed by atoms with Gasteiger partial charge in [-0.05, 0) is 38.8 Å². The van der Waals surface area contributed by atoms with Gasteiger partial charge in [-0.25, -0.2) is 9.97 Å². The number of hydrogen-bond donors (Lipinski definition) is 2. The van der Waals surface area contributed by atoms with E-state index < -0.39 is 0 Å². The minimum atomic E-state index is -0.197. The lowest BCUT2D eigenvalue weighted by Gasteiger charge is -2.12. The van der Waals surface area contributed by atoms with Crippen LogP contribution in [0.25, 0.3) is 0 Å². The van der Waals surface area contributed by atoms with Crippen LogP contribution in [0.2, 0.25) is 0 Å². The Bertz CT molecular complexity index is 632. The third-order valence-electron chi connectivity index (χ3n) is 3.05. The monoisotopic (exact) mass is 284 g/mol. The van der Waals surface area contributed by atoms with Crippen LogP contribution >= 0.6 is 0 Å². The second kappa shape index (κ2) is 6.35. The molecule has 5 heteroatoms. The fourth-order valence-corrected chi connectivity index (χ4v) is 2.03. The Hall–Kier alpha value is -2.43. The van der Waals surface area contributed by atoms with Crippen LogP contribution in [0.3, 0.4) is 0 Å². The molecule has 2 aromatic rings. The summed E-state index contributed by atoms with van der Waals surface area (Å²) in [6, 6.07) is 7.80. The maximum Gasteiger partial charge on any atom is 0.270 e. The Kier molecular flexibility index (Phi) is 4.52. The van der Waals surface area contributed by atoms with Crippen LogP contribution in [0.5, 0.6) is 0 Å². The number of aromatic nitrogens is 2. The third-order valence-corrected chi connectivity index (χ3v) is 3.05. The maximum atomic E-state index is 12.0. The van der Waals surface area contributed by atoms with Crippen LogP contribution in [0.4, 0.5) is 11.5 Å². The van der Waals surface area contributed by atoms with Gasteiger partial charge in [-0.1, -0.05) is 18.2 Å². The number of hydrogen-bond acceptors (Lipinski definition) is 4. The number of nitrogens with one attached hydrogen (secondary N) is 2. The molecule has 1 aromatic heterocycles. The molecular weight excluding hydrogens is 264 g/mol. The number of nitrogens with zero attached hydrogens (tertiary/aromatic N) is 2. The molecule has 21 heavy (non-hydrogen) atoms. The smallest absolute Gasteiger partial charge is 0.270 e. The highest BCUT2D eigenvalue weighted by Crippen LogP contribution is 2.23. The van der Waals surface area contributed by atoms with E-state index in [-0.39, 0.29) is 11.9 Å². The average Bonchev–Trinajstić information content (AvgIpc) is 2.43.